The molecular weight excluding hydrogens is 240 g/mol. The lowest BCUT2D eigenvalue weighted by atomic mass is 9.96. The smallest absolute Gasteiger partial charge is 0.118 e. The Morgan fingerprint density at radius 2 is 2.05 bits per heavy atom. The summed E-state index contributed by atoms with van der Waals surface area (Å²) in [7, 11) is 1.67. The van der Waals surface area contributed by atoms with Gasteiger partial charge in [0.2, 0.25) is 0 Å². The Kier molecular flexibility index (Phi) is 4.80. The fourth-order valence-electron chi connectivity index (χ4n) is 2.88. The Balaban J connectivity index is 2.18. The summed E-state index contributed by atoms with van der Waals surface area (Å²) in [4.78, 5) is 2.29. The van der Waals surface area contributed by atoms with Gasteiger partial charge < -0.3 is 15.6 Å². The number of β-amino-alcohol motifs (C(OH)–C–C–N with tert-alkyl or cyclic N) is 1. The maximum atomic E-state index is 9.84. The molecule has 0 spiro atoms. The summed E-state index contributed by atoms with van der Waals surface area (Å²) in [5.41, 5.74) is 7.35. The molecule has 0 aliphatic carbocycles. The molecule has 3 N–H and O–H groups in total. The summed E-state index contributed by atoms with van der Waals surface area (Å²) in [6.45, 7) is 3.73. The number of benzene rings is 1. The summed E-state index contributed by atoms with van der Waals surface area (Å²) in [5.74, 6) is 0.853. The van der Waals surface area contributed by atoms with Crippen molar-refractivity contribution in [2.45, 2.75) is 38.0 Å². The molecule has 19 heavy (non-hydrogen) atoms. The second-order valence-electron chi connectivity index (χ2n) is 5.37. The second-order valence-corrected chi connectivity index (χ2v) is 5.37. The predicted octanol–water partition coefficient (Wildman–Crippen LogP) is 1.54. The number of likely N-dealkylation sites (tertiary alicyclic amines) is 1. The normalized spacial score (nSPS) is 23.9. The minimum absolute atomic E-state index is 0.0266. The van der Waals surface area contributed by atoms with Gasteiger partial charge in [0.15, 0.2) is 0 Å². The fourth-order valence-corrected chi connectivity index (χ4v) is 2.88. The van der Waals surface area contributed by atoms with Crippen molar-refractivity contribution in [1.82, 2.24) is 4.90 Å². The van der Waals surface area contributed by atoms with Gasteiger partial charge in [0.05, 0.1) is 13.2 Å². The standard InChI is InChI=1S/C15H24N2O2/c1-11(16)15(17-9-3-4-13(18)10-17)12-5-7-14(19-2)8-6-12/h5-8,11,13,15,18H,3-4,9-10,16H2,1-2H3. The number of aliphatic hydroxyl groups is 1. The first kappa shape index (κ1) is 14.3. The van der Waals surface area contributed by atoms with Gasteiger partial charge in [-0.3, -0.25) is 4.90 Å². The molecule has 0 radical (unpaired) electrons. The molecule has 0 amide bonds. The summed E-state index contributed by atoms with van der Waals surface area (Å²) in [5, 5.41) is 9.84. The maximum Gasteiger partial charge on any atom is 0.118 e. The molecule has 1 aliphatic rings. The van der Waals surface area contributed by atoms with E-state index in [2.05, 4.69) is 17.0 Å². The number of ether oxygens (including phenoxy) is 1. The minimum atomic E-state index is -0.228. The highest BCUT2D eigenvalue weighted by molar-refractivity contribution is 5.30. The second kappa shape index (κ2) is 6.37. The predicted molar refractivity (Wildman–Crippen MR) is 76.2 cm³/mol. The molecule has 3 atom stereocenters. The number of nitrogens with two attached hydrogens (primary N) is 1. The summed E-state index contributed by atoms with van der Waals surface area (Å²) < 4.78 is 5.19. The van der Waals surface area contributed by atoms with E-state index in [0.717, 1.165) is 25.1 Å². The molecular formula is C15H24N2O2. The highest BCUT2D eigenvalue weighted by atomic mass is 16.5. The van der Waals surface area contributed by atoms with Gasteiger partial charge >= 0.3 is 0 Å². The summed E-state index contributed by atoms with van der Waals surface area (Å²) in [6.07, 6.45) is 1.69. The molecule has 1 aromatic carbocycles. The van der Waals surface area contributed by atoms with Gasteiger partial charge in [0.1, 0.15) is 5.75 Å². The largest absolute Gasteiger partial charge is 0.497 e. The quantitative estimate of drug-likeness (QED) is 0.866. The van der Waals surface area contributed by atoms with Crippen molar-refractivity contribution >= 4 is 0 Å². The van der Waals surface area contributed by atoms with Gasteiger partial charge in [-0.05, 0) is 44.0 Å². The third kappa shape index (κ3) is 3.47. The Hall–Kier alpha value is -1.10. The van der Waals surface area contributed by atoms with Crippen LogP contribution in [0.1, 0.15) is 31.4 Å². The van der Waals surface area contributed by atoms with Gasteiger partial charge in [-0.2, -0.15) is 0 Å². The van der Waals surface area contributed by atoms with Crippen molar-refractivity contribution in [2.24, 2.45) is 5.73 Å². The average Bonchev–Trinajstić information content (AvgIpc) is 2.39. The molecule has 4 nitrogen and oxygen atoms in total. The van der Waals surface area contributed by atoms with Crippen LogP contribution in [-0.4, -0.2) is 42.4 Å². The Bertz CT molecular complexity index is 392. The first-order valence-electron chi connectivity index (χ1n) is 6.93. The molecule has 1 heterocycles. The van der Waals surface area contributed by atoms with Crippen molar-refractivity contribution in [2.75, 3.05) is 20.2 Å². The van der Waals surface area contributed by atoms with Crippen LogP contribution >= 0.6 is 0 Å². The lowest BCUT2D eigenvalue weighted by molar-refractivity contribution is 0.0404. The van der Waals surface area contributed by atoms with E-state index in [1.807, 2.05) is 19.1 Å². The zero-order valence-electron chi connectivity index (χ0n) is 11.7. The third-order valence-corrected chi connectivity index (χ3v) is 3.78. The van der Waals surface area contributed by atoms with Crippen LogP contribution in [0.15, 0.2) is 24.3 Å². The molecule has 1 fully saturated rings. The number of rotatable bonds is 4. The average molecular weight is 264 g/mol. The summed E-state index contributed by atoms with van der Waals surface area (Å²) in [6, 6.07) is 8.23. The number of hydrogen-bond acceptors (Lipinski definition) is 4. The minimum Gasteiger partial charge on any atom is -0.497 e. The fraction of sp³-hybridized carbons (Fsp3) is 0.600. The van der Waals surface area contributed by atoms with Crippen LogP contribution in [0.5, 0.6) is 5.75 Å². The van der Waals surface area contributed by atoms with Gasteiger partial charge in [-0.1, -0.05) is 12.1 Å². The van der Waals surface area contributed by atoms with Crippen LogP contribution in [-0.2, 0) is 0 Å². The molecule has 3 unspecified atom stereocenters. The van der Waals surface area contributed by atoms with Crippen LogP contribution in [0.2, 0.25) is 0 Å². The van der Waals surface area contributed by atoms with Crippen molar-refractivity contribution in [3.05, 3.63) is 29.8 Å². The van der Waals surface area contributed by atoms with E-state index in [4.69, 9.17) is 10.5 Å². The number of methoxy groups -OCH3 is 1. The van der Waals surface area contributed by atoms with Crippen LogP contribution in [0, 0.1) is 0 Å². The first-order chi connectivity index (χ1) is 9.11. The van der Waals surface area contributed by atoms with E-state index < -0.39 is 0 Å². The molecule has 4 heteroatoms. The van der Waals surface area contributed by atoms with Gasteiger partial charge in [-0.25, -0.2) is 0 Å². The van der Waals surface area contributed by atoms with Gasteiger partial charge in [0.25, 0.3) is 0 Å². The molecule has 0 aromatic heterocycles. The molecule has 2 rings (SSSR count). The number of aliphatic hydroxyl groups excluding tert-OH is 1. The molecule has 1 saturated heterocycles. The summed E-state index contributed by atoms with van der Waals surface area (Å²) >= 11 is 0. The van der Waals surface area contributed by atoms with Crippen LogP contribution in [0.4, 0.5) is 0 Å². The lowest BCUT2D eigenvalue weighted by Crippen LogP contribution is -2.46. The SMILES string of the molecule is COc1ccc(C(C(C)N)N2CCCC(O)C2)cc1. The van der Waals surface area contributed by atoms with Crippen molar-refractivity contribution in [3.8, 4) is 5.75 Å². The Morgan fingerprint density at radius 1 is 1.37 bits per heavy atom. The number of piperidine rings is 1. The first-order valence-corrected chi connectivity index (χ1v) is 6.93. The molecule has 0 bridgehead atoms. The van der Waals surface area contributed by atoms with E-state index in [1.165, 1.54) is 5.56 Å². The van der Waals surface area contributed by atoms with Gasteiger partial charge in [0, 0.05) is 18.6 Å². The number of nitrogens with zero attached hydrogens (tertiary/aromatic N) is 1. The van der Waals surface area contributed by atoms with Crippen LogP contribution < -0.4 is 10.5 Å². The number of hydrogen-bond donors (Lipinski definition) is 2. The van der Waals surface area contributed by atoms with E-state index in [-0.39, 0.29) is 18.2 Å². The van der Waals surface area contributed by atoms with E-state index >= 15 is 0 Å². The van der Waals surface area contributed by atoms with E-state index in [0.29, 0.717) is 6.54 Å². The third-order valence-electron chi connectivity index (χ3n) is 3.78. The molecule has 106 valence electrons. The molecule has 1 aliphatic heterocycles. The van der Waals surface area contributed by atoms with Crippen molar-refractivity contribution in [1.29, 1.82) is 0 Å². The lowest BCUT2D eigenvalue weighted by Gasteiger charge is -2.38. The molecule has 1 aromatic rings. The topological polar surface area (TPSA) is 58.7 Å². The van der Waals surface area contributed by atoms with Crippen molar-refractivity contribution < 1.29 is 9.84 Å². The van der Waals surface area contributed by atoms with E-state index in [1.54, 1.807) is 7.11 Å². The highest BCUT2D eigenvalue weighted by Crippen LogP contribution is 2.28. The maximum absolute atomic E-state index is 9.84. The Labute approximate surface area is 115 Å². The van der Waals surface area contributed by atoms with Gasteiger partial charge in [-0.15, -0.1) is 0 Å². The van der Waals surface area contributed by atoms with E-state index in [9.17, 15) is 5.11 Å². The Morgan fingerprint density at radius 3 is 2.58 bits per heavy atom. The zero-order chi connectivity index (χ0) is 13.8. The molecule has 0 saturated carbocycles. The zero-order valence-corrected chi connectivity index (χ0v) is 11.7. The van der Waals surface area contributed by atoms with Crippen molar-refractivity contribution in [3.63, 3.8) is 0 Å². The van der Waals surface area contributed by atoms with Crippen LogP contribution in [0.3, 0.4) is 0 Å². The highest BCUT2D eigenvalue weighted by Gasteiger charge is 2.28. The van der Waals surface area contributed by atoms with Crippen LogP contribution in [0.25, 0.3) is 0 Å². The monoisotopic (exact) mass is 264 g/mol.